The molecule has 1 saturated heterocycles. The third-order valence-electron chi connectivity index (χ3n) is 4.01. The molecule has 1 aliphatic rings. The fourth-order valence-corrected chi connectivity index (χ4v) is 2.63. The normalized spacial score (nSPS) is 16.0. The van der Waals surface area contributed by atoms with Gasteiger partial charge in [0.05, 0.1) is 18.9 Å². The number of nitrogens with zero attached hydrogens (tertiary/aromatic N) is 3. The van der Waals surface area contributed by atoms with Crippen molar-refractivity contribution in [2.24, 2.45) is 0 Å². The van der Waals surface area contributed by atoms with Crippen LogP contribution in [0, 0.1) is 5.82 Å². The first kappa shape index (κ1) is 16.3. The molecule has 0 saturated carbocycles. The van der Waals surface area contributed by atoms with Crippen LogP contribution in [0.1, 0.15) is 13.0 Å². The Bertz CT molecular complexity index is 782. The average Bonchev–Trinajstić information content (AvgIpc) is 2.62. The monoisotopic (exact) mass is 331 g/mol. The summed E-state index contributed by atoms with van der Waals surface area (Å²) in [6.07, 6.45) is 0. The van der Waals surface area contributed by atoms with E-state index in [4.69, 9.17) is 4.74 Å². The Morgan fingerprint density at radius 2 is 1.83 bits per heavy atom. The largest absolute Gasteiger partial charge is 0.378 e. The number of hydrogen-bond donors (Lipinski definition) is 0. The maximum atomic E-state index is 13.0. The van der Waals surface area contributed by atoms with Gasteiger partial charge in [-0.3, -0.25) is 9.59 Å². The Morgan fingerprint density at radius 1 is 1.17 bits per heavy atom. The molecule has 24 heavy (non-hydrogen) atoms. The molecule has 7 heteroatoms. The maximum Gasteiger partial charge on any atom is 0.267 e. The van der Waals surface area contributed by atoms with Crippen LogP contribution in [0.3, 0.4) is 0 Å². The third kappa shape index (κ3) is 3.35. The highest BCUT2D eigenvalue weighted by atomic mass is 19.1. The van der Waals surface area contributed by atoms with E-state index in [-0.39, 0.29) is 17.3 Å². The summed E-state index contributed by atoms with van der Waals surface area (Å²) < 4.78 is 19.5. The zero-order valence-corrected chi connectivity index (χ0v) is 13.3. The van der Waals surface area contributed by atoms with Gasteiger partial charge in [0.2, 0.25) is 5.91 Å². The van der Waals surface area contributed by atoms with Crippen LogP contribution in [-0.2, 0) is 9.53 Å². The van der Waals surface area contributed by atoms with Crippen LogP contribution in [0.5, 0.6) is 0 Å². The number of carbonyl (C=O) groups is 1. The molecule has 1 fully saturated rings. The lowest BCUT2D eigenvalue weighted by Gasteiger charge is -2.29. The highest BCUT2D eigenvalue weighted by Gasteiger charge is 2.25. The lowest BCUT2D eigenvalue weighted by molar-refractivity contribution is -0.138. The van der Waals surface area contributed by atoms with Crippen molar-refractivity contribution >= 4 is 5.91 Å². The quantitative estimate of drug-likeness (QED) is 0.854. The van der Waals surface area contributed by atoms with Gasteiger partial charge in [-0.2, -0.15) is 5.10 Å². The molecule has 1 aromatic heterocycles. The van der Waals surface area contributed by atoms with Crippen LogP contribution in [0.15, 0.2) is 41.2 Å². The topological polar surface area (TPSA) is 64.4 Å². The molecular weight excluding hydrogens is 313 g/mol. The summed E-state index contributed by atoms with van der Waals surface area (Å²) in [6.45, 7) is 3.67. The Kier molecular flexibility index (Phi) is 4.71. The molecule has 1 aliphatic heterocycles. The Morgan fingerprint density at radius 3 is 2.50 bits per heavy atom. The van der Waals surface area contributed by atoms with Gasteiger partial charge in [-0.1, -0.05) is 0 Å². The number of rotatable bonds is 3. The first-order chi connectivity index (χ1) is 11.6. The van der Waals surface area contributed by atoms with E-state index in [1.54, 1.807) is 30.0 Å². The van der Waals surface area contributed by atoms with Gasteiger partial charge in [-0.25, -0.2) is 9.07 Å². The number of aromatic nitrogens is 2. The molecule has 3 rings (SSSR count). The van der Waals surface area contributed by atoms with E-state index in [1.165, 1.54) is 22.9 Å². The minimum atomic E-state index is -0.712. The number of carbonyl (C=O) groups excluding carboxylic acids is 1. The molecule has 2 heterocycles. The first-order valence-electron chi connectivity index (χ1n) is 7.78. The molecule has 0 aliphatic carbocycles. The standard InChI is InChI=1S/C17H18FN3O3/c1-12(17(23)20-8-10-24-11-9-20)21-16(22)7-6-15(19-21)13-2-4-14(18)5-3-13/h2-7,12H,8-11H2,1H3. The van der Waals surface area contributed by atoms with Crippen molar-refractivity contribution in [2.45, 2.75) is 13.0 Å². The van der Waals surface area contributed by atoms with Crippen molar-refractivity contribution in [1.82, 2.24) is 14.7 Å². The predicted octanol–water partition coefficient (Wildman–Crippen LogP) is 1.47. The molecular formula is C17H18FN3O3. The van der Waals surface area contributed by atoms with E-state index >= 15 is 0 Å². The van der Waals surface area contributed by atoms with Gasteiger partial charge < -0.3 is 9.64 Å². The summed E-state index contributed by atoms with van der Waals surface area (Å²) >= 11 is 0. The van der Waals surface area contributed by atoms with Crippen LogP contribution in [0.2, 0.25) is 0 Å². The molecule has 1 aromatic carbocycles. The highest BCUT2D eigenvalue weighted by molar-refractivity contribution is 5.80. The minimum absolute atomic E-state index is 0.163. The summed E-state index contributed by atoms with van der Waals surface area (Å²) in [5.41, 5.74) is 0.836. The maximum absolute atomic E-state index is 13.0. The van der Waals surface area contributed by atoms with Crippen LogP contribution in [0.25, 0.3) is 11.3 Å². The third-order valence-corrected chi connectivity index (χ3v) is 4.01. The SMILES string of the molecule is CC(C(=O)N1CCOCC1)n1nc(-c2ccc(F)cc2)ccc1=O. The highest BCUT2D eigenvalue weighted by Crippen LogP contribution is 2.17. The summed E-state index contributed by atoms with van der Waals surface area (Å²) in [4.78, 5) is 26.4. The van der Waals surface area contributed by atoms with Gasteiger partial charge >= 0.3 is 0 Å². The lowest BCUT2D eigenvalue weighted by atomic mass is 10.1. The molecule has 1 amide bonds. The first-order valence-corrected chi connectivity index (χ1v) is 7.78. The second-order valence-electron chi connectivity index (χ2n) is 5.62. The minimum Gasteiger partial charge on any atom is -0.378 e. The molecule has 1 unspecified atom stereocenters. The van der Waals surface area contributed by atoms with Crippen LogP contribution >= 0.6 is 0 Å². The van der Waals surface area contributed by atoms with Crippen molar-refractivity contribution in [2.75, 3.05) is 26.3 Å². The summed E-state index contributed by atoms with van der Waals surface area (Å²) in [5.74, 6) is -0.507. The molecule has 0 radical (unpaired) electrons. The van der Waals surface area contributed by atoms with Crippen LogP contribution in [-0.4, -0.2) is 46.9 Å². The van der Waals surface area contributed by atoms with Gasteiger partial charge in [0.1, 0.15) is 11.9 Å². The van der Waals surface area contributed by atoms with Gasteiger partial charge in [0.25, 0.3) is 5.56 Å². The van der Waals surface area contributed by atoms with E-state index in [2.05, 4.69) is 5.10 Å². The number of ether oxygens (including phenoxy) is 1. The molecule has 0 N–H and O–H groups in total. The predicted molar refractivity (Wildman–Crippen MR) is 86.0 cm³/mol. The number of amides is 1. The number of halogens is 1. The Balaban J connectivity index is 1.89. The number of benzene rings is 1. The summed E-state index contributed by atoms with van der Waals surface area (Å²) in [7, 11) is 0. The van der Waals surface area contributed by atoms with E-state index in [1.807, 2.05) is 0 Å². The summed E-state index contributed by atoms with van der Waals surface area (Å²) in [6, 6.07) is 8.05. The fraction of sp³-hybridized carbons (Fsp3) is 0.353. The summed E-state index contributed by atoms with van der Waals surface area (Å²) in [5, 5.41) is 4.29. The zero-order chi connectivity index (χ0) is 17.1. The molecule has 6 nitrogen and oxygen atoms in total. The van der Waals surface area contributed by atoms with Gasteiger partial charge in [0, 0.05) is 24.7 Å². The number of morpholine rings is 1. The molecule has 126 valence electrons. The fourth-order valence-electron chi connectivity index (χ4n) is 2.63. The zero-order valence-electron chi connectivity index (χ0n) is 13.3. The van der Waals surface area contributed by atoms with E-state index in [0.717, 1.165) is 0 Å². The average molecular weight is 331 g/mol. The van der Waals surface area contributed by atoms with Crippen molar-refractivity contribution in [3.8, 4) is 11.3 Å². The Labute approximate surface area is 138 Å². The van der Waals surface area contributed by atoms with Crippen molar-refractivity contribution in [3.05, 3.63) is 52.6 Å². The smallest absolute Gasteiger partial charge is 0.267 e. The van der Waals surface area contributed by atoms with Crippen molar-refractivity contribution in [1.29, 1.82) is 0 Å². The van der Waals surface area contributed by atoms with Gasteiger partial charge in [0.15, 0.2) is 0 Å². The number of hydrogen-bond acceptors (Lipinski definition) is 4. The molecule has 0 bridgehead atoms. The molecule has 1 atom stereocenters. The Hall–Kier alpha value is -2.54. The van der Waals surface area contributed by atoms with Crippen molar-refractivity contribution in [3.63, 3.8) is 0 Å². The second-order valence-corrected chi connectivity index (χ2v) is 5.62. The van der Waals surface area contributed by atoms with E-state index in [9.17, 15) is 14.0 Å². The van der Waals surface area contributed by atoms with E-state index in [0.29, 0.717) is 37.6 Å². The molecule has 2 aromatic rings. The molecule has 0 spiro atoms. The van der Waals surface area contributed by atoms with Gasteiger partial charge in [-0.15, -0.1) is 0 Å². The second kappa shape index (κ2) is 6.92. The van der Waals surface area contributed by atoms with Crippen LogP contribution in [0.4, 0.5) is 4.39 Å². The van der Waals surface area contributed by atoms with Crippen LogP contribution < -0.4 is 5.56 Å². The van der Waals surface area contributed by atoms with Gasteiger partial charge in [-0.05, 0) is 37.3 Å². The lowest BCUT2D eigenvalue weighted by Crippen LogP contribution is -2.45. The van der Waals surface area contributed by atoms with Crippen molar-refractivity contribution < 1.29 is 13.9 Å². The van der Waals surface area contributed by atoms with E-state index < -0.39 is 6.04 Å².